The number of nitrogens with zero attached hydrogens (tertiary/aromatic N) is 8. The molecule has 0 aliphatic heterocycles. The Bertz CT molecular complexity index is 1420. The van der Waals surface area contributed by atoms with Gasteiger partial charge in [0.2, 0.25) is 5.89 Å². The van der Waals surface area contributed by atoms with Gasteiger partial charge in [0.05, 0.1) is 25.1 Å². The third kappa shape index (κ3) is 3.89. The van der Waals surface area contributed by atoms with Crippen LogP contribution in [0.2, 0.25) is 0 Å². The van der Waals surface area contributed by atoms with Gasteiger partial charge in [0.25, 0.3) is 5.91 Å². The number of imidazole rings is 1. The Morgan fingerprint density at radius 2 is 1.97 bits per heavy atom. The van der Waals surface area contributed by atoms with Crippen LogP contribution in [0.4, 0.5) is 5.82 Å². The van der Waals surface area contributed by atoms with Crippen LogP contribution in [0.3, 0.4) is 0 Å². The molecular formula is C21H20N10O2. The van der Waals surface area contributed by atoms with Gasteiger partial charge in [-0.3, -0.25) is 4.79 Å². The average Bonchev–Trinajstić information content (AvgIpc) is 3.56. The van der Waals surface area contributed by atoms with Crippen LogP contribution in [0.5, 0.6) is 0 Å². The predicted octanol–water partition coefficient (Wildman–Crippen LogP) is 1.75. The quantitative estimate of drug-likeness (QED) is 0.398. The highest BCUT2D eigenvalue weighted by Crippen LogP contribution is 2.30. The van der Waals surface area contributed by atoms with Crippen LogP contribution in [-0.4, -0.2) is 51.3 Å². The Balaban J connectivity index is 1.55. The van der Waals surface area contributed by atoms with Crippen molar-refractivity contribution in [2.75, 3.05) is 5.73 Å². The van der Waals surface area contributed by atoms with Gasteiger partial charge in [0.1, 0.15) is 17.6 Å². The van der Waals surface area contributed by atoms with E-state index < -0.39 is 5.91 Å². The van der Waals surface area contributed by atoms with Gasteiger partial charge in [-0.05, 0) is 26.0 Å². The number of fused-ring (bicyclic) bond motifs is 1. The van der Waals surface area contributed by atoms with Crippen molar-refractivity contribution in [2.45, 2.75) is 26.4 Å². The summed E-state index contributed by atoms with van der Waals surface area (Å²) in [7, 11) is 0. The van der Waals surface area contributed by atoms with E-state index in [0.717, 1.165) is 11.3 Å². The molecule has 33 heavy (non-hydrogen) atoms. The molecule has 0 radical (unpaired) electrons. The fourth-order valence-electron chi connectivity index (χ4n) is 3.47. The standard InChI is InChI=1S/C21H20N10O2/c1-12(10-31-25-5-6-26-31)27-20(32)18-19(22)29-17(21-23-7-8-33-21)16(28-18)14-3-4-15-24-9-13(2)30(15)11-14/h3-9,11-12H,10H2,1-2H3,(H2,22,29)(H,27,32)/t12-/m1/s1. The van der Waals surface area contributed by atoms with Gasteiger partial charge in [0, 0.05) is 29.7 Å². The summed E-state index contributed by atoms with van der Waals surface area (Å²) in [6.07, 6.45) is 9.74. The van der Waals surface area contributed by atoms with E-state index >= 15 is 0 Å². The average molecular weight is 444 g/mol. The number of nitrogens with one attached hydrogen (secondary N) is 1. The number of oxazole rings is 1. The minimum atomic E-state index is -0.459. The molecule has 12 nitrogen and oxygen atoms in total. The Hall–Kier alpha value is -4.61. The minimum Gasteiger partial charge on any atom is -0.443 e. The molecule has 0 aromatic carbocycles. The Labute approximate surface area is 187 Å². The van der Waals surface area contributed by atoms with Crippen molar-refractivity contribution in [3.63, 3.8) is 0 Å². The molecule has 5 heterocycles. The van der Waals surface area contributed by atoms with Crippen LogP contribution in [0.1, 0.15) is 23.1 Å². The molecule has 0 aliphatic carbocycles. The van der Waals surface area contributed by atoms with Crippen LogP contribution < -0.4 is 11.1 Å². The number of rotatable bonds is 6. The summed E-state index contributed by atoms with van der Waals surface area (Å²) in [6, 6.07) is 3.44. The van der Waals surface area contributed by atoms with Gasteiger partial charge in [-0.15, -0.1) is 0 Å². The lowest BCUT2D eigenvalue weighted by Gasteiger charge is -2.15. The van der Waals surface area contributed by atoms with E-state index in [9.17, 15) is 4.79 Å². The third-order valence-corrected chi connectivity index (χ3v) is 5.02. The second kappa shape index (κ2) is 8.15. The molecule has 12 heteroatoms. The summed E-state index contributed by atoms with van der Waals surface area (Å²) in [5, 5.41) is 11.0. The Morgan fingerprint density at radius 3 is 2.73 bits per heavy atom. The van der Waals surface area contributed by atoms with E-state index in [4.69, 9.17) is 10.2 Å². The SMILES string of the molecule is Cc1cnc2ccc(-c3nc(C(=O)N[C@H](C)Cn4nccn4)c(N)nc3-c3ncco3)cn12. The van der Waals surface area contributed by atoms with Gasteiger partial charge in [-0.2, -0.15) is 15.0 Å². The van der Waals surface area contributed by atoms with Gasteiger partial charge in [0.15, 0.2) is 17.2 Å². The fourth-order valence-corrected chi connectivity index (χ4v) is 3.47. The van der Waals surface area contributed by atoms with E-state index in [-0.39, 0.29) is 23.4 Å². The Kier molecular flexibility index (Phi) is 5.01. The number of aryl methyl sites for hydroxylation is 1. The maximum absolute atomic E-state index is 13.0. The number of hydrogen-bond donors (Lipinski definition) is 2. The van der Waals surface area contributed by atoms with Crippen LogP contribution in [0.25, 0.3) is 28.5 Å². The van der Waals surface area contributed by atoms with Gasteiger partial charge < -0.3 is 19.9 Å². The smallest absolute Gasteiger partial charge is 0.274 e. The molecule has 0 unspecified atom stereocenters. The van der Waals surface area contributed by atoms with Crippen LogP contribution in [0, 0.1) is 6.92 Å². The summed E-state index contributed by atoms with van der Waals surface area (Å²) in [6.45, 7) is 4.18. The number of anilines is 1. The number of amides is 1. The molecular weight excluding hydrogens is 424 g/mol. The number of nitrogen functional groups attached to an aromatic ring is 1. The third-order valence-electron chi connectivity index (χ3n) is 5.02. The van der Waals surface area contributed by atoms with Crippen molar-refractivity contribution in [2.24, 2.45) is 0 Å². The normalized spacial score (nSPS) is 12.2. The first-order valence-electron chi connectivity index (χ1n) is 10.2. The maximum Gasteiger partial charge on any atom is 0.274 e. The molecule has 0 aliphatic rings. The van der Waals surface area contributed by atoms with Crippen molar-refractivity contribution in [3.8, 4) is 22.8 Å². The van der Waals surface area contributed by atoms with Crippen molar-refractivity contribution in [1.82, 2.24) is 44.6 Å². The number of carbonyl (C=O) groups excluding carboxylic acids is 1. The van der Waals surface area contributed by atoms with Crippen LogP contribution >= 0.6 is 0 Å². The number of pyridine rings is 1. The molecule has 166 valence electrons. The highest BCUT2D eigenvalue weighted by molar-refractivity contribution is 5.97. The van der Waals surface area contributed by atoms with E-state index in [1.54, 1.807) is 18.6 Å². The summed E-state index contributed by atoms with van der Waals surface area (Å²) in [5.41, 5.74) is 9.32. The second-order valence-corrected chi connectivity index (χ2v) is 7.50. The monoisotopic (exact) mass is 444 g/mol. The van der Waals surface area contributed by atoms with Crippen molar-refractivity contribution in [3.05, 3.63) is 60.8 Å². The van der Waals surface area contributed by atoms with Crippen molar-refractivity contribution < 1.29 is 9.21 Å². The van der Waals surface area contributed by atoms with E-state index in [1.165, 1.54) is 17.3 Å². The van der Waals surface area contributed by atoms with Crippen LogP contribution in [-0.2, 0) is 6.54 Å². The number of carbonyl (C=O) groups is 1. The molecule has 0 bridgehead atoms. The predicted molar refractivity (Wildman–Crippen MR) is 118 cm³/mol. The Morgan fingerprint density at radius 1 is 1.15 bits per heavy atom. The first-order valence-corrected chi connectivity index (χ1v) is 10.2. The van der Waals surface area contributed by atoms with Crippen LogP contribution in [0.15, 0.2) is 53.8 Å². The summed E-state index contributed by atoms with van der Waals surface area (Å²) in [4.78, 5) is 32.1. The largest absolute Gasteiger partial charge is 0.443 e. The molecule has 5 aromatic heterocycles. The molecule has 5 aromatic rings. The molecule has 0 fully saturated rings. The molecule has 0 spiro atoms. The van der Waals surface area contributed by atoms with Gasteiger partial charge in [-0.25, -0.2) is 19.9 Å². The molecule has 3 N–H and O–H groups in total. The number of aromatic nitrogens is 8. The van der Waals surface area contributed by atoms with Crippen molar-refractivity contribution >= 4 is 17.4 Å². The molecule has 0 saturated carbocycles. The van der Waals surface area contributed by atoms with Gasteiger partial charge >= 0.3 is 0 Å². The fraction of sp³-hybridized carbons (Fsp3) is 0.190. The molecule has 0 saturated heterocycles. The van der Waals surface area contributed by atoms with E-state index in [2.05, 4.69) is 35.5 Å². The maximum atomic E-state index is 13.0. The second-order valence-electron chi connectivity index (χ2n) is 7.50. The lowest BCUT2D eigenvalue weighted by Crippen LogP contribution is -2.37. The highest BCUT2D eigenvalue weighted by atomic mass is 16.3. The zero-order valence-corrected chi connectivity index (χ0v) is 17.9. The molecule has 1 amide bonds. The van der Waals surface area contributed by atoms with Crippen molar-refractivity contribution in [1.29, 1.82) is 0 Å². The molecule has 1 atom stereocenters. The van der Waals surface area contributed by atoms with Gasteiger partial charge in [-0.1, -0.05) is 0 Å². The topological polar surface area (TPSA) is 155 Å². The lowest BCUT2D eigenvalue weighted by atomic mass is 10.1. The highest BCUT2D eigenvalue weighted by Gasteiger charge is 2.23. The molecule has 5 rings (SSSR count). The van der Waals surface area contributed by atoms with E-state index in [0.29, 0.717) is 23.5 Å². The summed E-state index contributed by atoms with van der Waals surface area (Å²) >= 11 is 0. The summed E-state index contributed by atoms with van der Waals surface area (Å²) < 4.78 is 7.37. The number of nitrogens with two attached hydrogens (primary N) is 1. The first kappa shape index (κ1) is 20.3. The zero-order valence-electron chi connectivity index (χ0n) is 17.9. The minimum absolute atomic E-state index is 0.00281. The lowest BCUT2D eigenvalue weighted by molar-refractivity contribution is 0.0931. The van der Waals surface area contributed by atoms with E-state index in [1.807, 2.05) is 36.6 Å². The first-order chi connectivity index (χ1) is 16.0. The summed E-state index contributed by atoms with van der Waals surface area (Å²) in [5.74, 6) is -0.245. The number of hydrogen-bond acceptors (Lipinski definition) is 9. The zero-order chi connectivity index (χ0) is 22.9.